The molecular weight excluding hydrogens is 344 g/mol. The van der Waals surface area contributed by atoms with Crippen LogP contribution in [0.2, 0.25) is 0 Å². The number of piperidine rings is 1. The van der Waals surface area contributed by atoms with Crippen LogP contribution in [-0.2, 0) is 4.79 Å². The zero-order chi connectivity index (χ0) is 18.6. The van der Waals surface area contributed by atoms with Crippen LogP contribution in [0, 0.1) is 5.92 Å². The molecule has 27 heavy (non-hydrogen) atoms. The molecule has 0 aromatic carbocycles. The molecule has 1 unspecified atom stereocenters. The summed E-state index contributed by atoms with van der Waals surface area (Å²) in [7, 11) is 2.11. The van der Waals surface area contributed by atoms with Gasteiger partial charge in [-0.05, 0) is 44.2 Å². The van der Waals surface area contributed by atoms with Crippen molar-refractivity contribution in [1.82, 2.24) is 25.5 Å². The molecule has 0 bridgehead atoms. The van der Waals surface area contributed by atoms with E-state index >= 15 is 0 Å². The topological polar surface area (TPSA) is 77.7 Å². The number of anilines is 1. The van der Waals surface area contributed by atoms with Crippen LogP contribution in [0.1, 0.15) is 12.8 Å². The van der Waals surface area contributed by atoms with Crippen molar-refractivity contribution in [3.8, 4) is 11.5 Å². The van der Waals surface area contributed by atoms with Gasteiger partial charge in [0.05, 0.1) is 12.2 Å². The summed E-state index contributed by atoms with van der Waals surface area (Å²) < 4.78 is 5.36. The molecule has 2 aliphatic heterocycles. The normalized spacial score (nSPS) is 22.0. The molecule has 0 spiro atoms. The maximum Gasteiger partial charge on any atom is 0.239 e. The molecule has 2 saturated heterocycles. The van der Waals surface area contributed by atoms with E-state index in [0.717, 1.165) is 51.4 Å². The van der Waals surface area contributed by atoms with E-state index in [-0.39, 0.29) is 11.8 Å². The third-order valence-corrected chi connectivity index (χ3v) is 5.31. The van der Waals surface area contributed by atoms with Gasteiger partial charge in [0.2, 0.25) is 5.91 Å². The second-order valence-corrected chi connectivity index (χ2v) is 7.31. The molecule has 1 N–H and O–H groups in total. The first-order chi connectivity index (χ1) is 13.2. The lowest BCUT2D eigenvalue weighted by Gasteiger charge is -2.36. The Kier molecular flexibility index (Phi) is 5.35. The maximum atomic E-state index is 12.7. The lowest BCUT2D eigenvalue weighted by molar-refractivity contribution is -0.131. The number of rotatable bonds is 4. The first kappa shape index (κ1) is 17.9. The average Bonchev–Trinajstić information content (AvgIpc) is 3.25. The minimum absolute atomic E-state index is 0.0232. The molecular formula is C19H26N6O2. The molecule has 4 rings (SSSR count). The summed E-state index contributed by atoms with van der Waals surface area (Å²) in [6.45, 7) is 5.28. The van der Waals surface area contributed by atoms with Gasteiger partial charge in [-0.25, -0.2) is 5.01 Å². The van der Waals surface area contributed by atoms with Crippen LogP contribution in [0.5, 0.6) is 0 Å². The molecule has 144 valence electrons. The molecule has 0 aliphatic carbocycles. The zero-order valence-electron chi connectivity index (χ0n) is 15.7. The minimum Gasteiger partial charge on any atom is -0.463 e. The van der Waals surface area contributed by atoms with Crippen LogP contribution in [0.3, 0.4) is 0 Å². The first-order valence-electron chi connectivity index (χ1n) is 9.55. The number of piperazine rings is 1. The predicted molar refractivity (Wildman–Crippen MR) is 102 cm³/mol. The fourth-order valence-electron chi connectivity index (χ4n) is 3.61. The van der Waals surface area contributed by atoms with Crippen molar-refractivity contribution in [2.45, 2.75) is 12.8 Å². The van der Waals surface area contributed by atoms with Crippen molar-refractivity contribution in [3.63, 3.8) is 0 Å². The van der Waals surface area contributed by atoms with Gasteiger partial charge in [0.25, 0.3) is 0 Å². The number of hydrogen-bond donors (Lipinski definition) is 1. The van der Waals surface area contributed by atoms with Crippen LogP contribution in [0.15, 0.2) is 34.9 Å². The Hall–Kier alpha value is -2.45. The first-order valence-corrected chi connectivity index (χ1v) is 9.55. The van der Waals surface area contributed by atoms with Crippen LogP contribution in [0.4, 0.5) is 5.82 Å². The van der Waals surface area contributed by atoms with Gasteiger partial charge in [0, 0.05) is 39.3 Å². The summed E-state index contributed by atoms with van der Waals surface area (Å²) in [4.78, 5) is 17.1. The average molecular weight is 370 g/mol. The van der Waals surface area contributed by atoms with E-state index in [4.69, 9.17) is 4.42 Å². The quantitative estimate of drug-likeness (QED) is 0.867. The Labute approximate surface area is 159 Å². The number of likely N-dealkylation sites (N-methyl/N-ethyl adjacent to an activating group) is 1. The largest absolute Gasteiger partial charge is 0.463 e. The highest BCUT2D eigenvalue weighted by Crippen LogP contribution is 2.23. The highest BCUT2D eigenvalue weighted by molar-refractivity contribution is 5.79. The molecule has 1 atom stereocenters. The monoisotopic (exact) mass is 370 g/mol. The molecule has 8 heteroatoms. The molecule has 8 nitrogen and oxygen atoms in total. The molecule has 2 aromatic heterocycles. The summed E-state index contributed by atoms with van der Waals surface area (Å²) in [5.41, 5.74) is 3.81. The van der Waals surface area contributed by atoms with E-state index in [2.05, 4.69) is 32.5 Å². The minimum atomic E-state index is -0.0232. The van der Waals surface area contributed by atoms with E-state index in [1.165, 1.54) is 0 Å². The number of amides is 1. The summed E-state index contributed by atoms with van der Waals surface area (Å²) in [6.07, 6.45) is 3.51. The van der Waals surface area contributed by atoms with Crippen LogP contribution in [-0.4, -0.2) is 72.3 Å². The van der Waals surface area contributed by atoms with Crippen molar-refractivity contribution in [3.05, 3.63) is 30.5 Å². The van der Waals surface area contributed by atoms with E-state index in [1.807, 2.05) is 29.3 Å². The molecule has 0 saturated carbocycles. The number of nitrogens with one attached hydrogen (secondary N) is 1. The fraction of sp³-hybridized carbons (Fsp3) is 0.526. The predicted octanol–water partition coefficient (Wildman–Crippen LogP) is 1.23. The molecule has 4 heterocycles. The summed E-state index contributed by atoms with van der Waals surface area (Å²) in [5.74, 6) is 1.61. The highest BCUT2D eigenvalue weighted by Gasteiger charge is 2.28. The second kappa shape index (κ2) is 8.06. The maximum absolute atomic E-state index is 12.7. The number of carbonyl (C=O) groups excluding carboxylic acids is 1. The zero-order valence-corrected chi connectivity index (χ0v) is 15.7. The van der Waals surface area contributed by atoms with Crippen molar-refractivity contribution >= 4 is 11.7 Å². The van der Waals surface area contributed by atoms with Crippen LogP contribution in [0.25, 0.3) is 11.5 Å². The third kappa shape index (κ3) is 4.28. The van der Waals surface area contributed by atoms with Crippen molar-refractivity contribution < 1.29 is 9.21 Å². The Bertz CT molecular complexity index is 740. The Morgan fingerprint density at radius 2 is 2.00 bits per heavy atom. The smallest absolute Gasteiger partial charge is 0.239 e. The van der Waals surface area contributed by atoms with Gasteiger partial charge >= 0.3 is 0 Å². The Morgan fingerprint density at radius 3 is 2.70 bits per heavy atom. The fourth-order valence-corrected chi connectivity index (χ4v) is 3.61. The van der Waals surface area contributed by atoms with Gasteiger partial charge in [-0.1, -0.05) is 0 Å². The highest BCUT2D eigenvalue weighted by atomic mass is 16.3. The van der Waals surface area contributed by atoms with Gasteiger partial charge in [-0.15, -0.1) is 10.2 Å². The van der Waals surface area contributed by atoms with Crippen molar-refractivity contribution in [1.29, 1.82) is 0 Å². The van der Waals surface area contributed by atoms with Gasteiger partial charge in [0.1, 0.15) is 5.69 Å². The van der Waals surface area contributed by atoms with Crippen LogP contribution >= 0.6 is 0 Å². The number of nitrogens with zero attached hydrogens (tertiary/aromatic N) is 5. The molecule has 2 fully saturated rings. The van der Waals surface area contributed by atoms with E-state index in [1.54, 1.807) is 6.26 Å². The van der Waals surface area contributed by atoms with Crippen LogP contribution < -0.4 is 10.3 Å². The van der Waals surface area contributed by atoms with E-state index in [9.17, 15) is 4.79 Å². The third-order valence-electron chi connectivity index (χ3n) is 5.31. The number of furan rings is 1. The molecule has 2 aromatic rings. The van der Waals surface area contributed by atoms with Crippen molar-refractivity contribution in [2.75, 3.05) is 51.2 Å². The molecule has 0 radical (unpaired) electrons. The summed E-state index contributed by atoms with van der Waals surface area (Å²) in [6, 6.07) is 7.56. The van der Waals surface area contributed by atoms with Crippen molar-refractivity contribution in [2.24, 2.45) is 5.92 Å². The van der Waals surface area contributed by atoms with Gasteiger partial charge in [-0.3, -0.25) is 10.2 Å². The van der Waals surface area contributed by atoms with Gasteiger partial charge in [0.15, 0.2) is 11.6 Å². The number of hydrazine groups is 1. The molecule has 1 amide bonds. The second-order valence-electron chi connectivity index (χ2n) is 7.31. The Morgan fingerprint density at radius 1 is 1.15 bits per heavy atom. The Balaban J connectivity index is 1.35. The SMILES string of the molecule is CN1CCN(NC(=O)C2CCCN(c3ccc(-c4ccco4)nn3)C2)CC1. The summed E-state index contributed by atoms with van der Waals surface area (Å²) >= 11 is 0. The number of aromatic nitrogens is 2. The summed E-state index contributed by atoms with van der Waals surface area (Å²) in [5, 5.41) is 10.7. The van der Waals surface area contributed by atoms with Gasteiger partial charge in [-0.2, -0.15) is 0 Å². The lowest BCUT2D eigenvalue weighted by atomic mass is 9.97. The standard InChI is InChI=1S/C19H26N6O2/c1-23-9-11-25(12-10-23)22-19(26)15-4-2-8-24(14-15)18-7-6-16(20-21-18)17-5-3-13-27-17/h3,5-7,13,15H,2,4,8-12,14H2,1H3,(H,22,26). The molecule has 2 aliphatic rings. The van der Waals surface area contributed by atoms with E-state index < -0.39 is 0 Å². The number of hydrogen-bond acceptors (Lipinski definition) is 7. The van der Waals surface area contributed by atoms with Gasteiger partial charge < -0.3 is 14.2 Å². The van der Waals surface area contributed by atoms with E-state index in [0.29, 0.717) is 18.0 Å². The number of carbonyl (C=O) groups is 1. The lowest BCUT2D eigenvalue weighted by Crippen LogP contribution is -2.55.